The van der Waals surface area contributed by atoms with Crippen LogP contribution in [0.5, 0.6) is 0 Å². The standard InChI is InChI=1S/C24H17N/c1-4-12-20-17(8-1)10-7-15-23(20)25-24-16-18-9-2-3-11-19(18)21-13-5-6-14-22(21)24/h1-16,25H/i2D,3D,5D,6D,9D,11D,13D,14D,16D. The molecule has 0 aromatic heterocycles. The van der Waals surface area contributed by atoms with E-state index in [1.807, 2.05) is 36.4 Å². The van der Waals surface area contributed by atoms with Gasteiger partial charge in [0.2, 0.25) is 0 Å². The molecule has 5 rings (SSSR count). The highest BCUT2D eigenvalue weighted by molar-refractivity contribution is 6.14. The molecule has 0 aliphatic heterocycles. The van der Waals surface area contributed by atoms with Gasteiger partial charge in [-0.3, -0.25) is 0 Å². The monoisotopic (exact) mass is 328 g/mol. The van der Waals surface area contributed by atoms with E-state index in [9.17, 15) is 0 Å². The summed E-state index contributed by atoms with van der Waals surface area (Å²) in [5.41, 5.74) is 0.649. The lowest BCUT2D eigenvalue weighted by molar-refractivity contribution is 1.62. The highest BCUT2D eigenvalue weighted by Crippen LogP contribution is 2.35. The molecular weight excluding hydrogens is 302 g/mol. The molecule has 0 saturated heterocycles. The van der Waals surface area contributed by atoms with Crippen molar-refractivity contribution in [2.24, 2.45) is 0 Å². The Bertz CT molecular complexity index is 1670. The second-order valence-electron chi connectivity index (χ2n) is 5.65. The van der Waals surface area contributed by atoms with Crippen LogP contribution >= 0.6 is 0 Å². The second kappa shape index (κ2) is 5.64. The summed E-state index contributed by atoms with van der Waals surface area (Å²) in [5, 5.41) is 4.66. The van der Waals surface area contributed by atoms with Gasteiger partial charge in [-0.05, 0) is 33.7 Å². The number of nitrogens with one attached hydrogen (secondary N) is 1. The van der Waals surface area contributed by atoms with Gasteiger partial charge in [-0.25, -0.2) is 0 Å². The van der Waals surface area contributed by atoms with Crippen LogP contribution in [0.4, 0.5) is 11.4 Å². The summed E-state index contributed by atoms with van der Waals surface area (Å²) in [5.74, 6) is 0. The van der Waals surface area contributed by atoms with Crippen molar-refractivity contribution in [3.63, 3.8) is 0 Å². The Balaban J connectivity index is 2.02. The number of anilines is 2. The van der Waals surface area contributed by atoms with Gasteiger partial charge in [0.25, 0.3) is 0 Å². The minimum absolute atomic E-state index is 0.00136. The molecule has 5 aromatic rings. The Morgan fingerprint density at radius 2 is 1.28 bits per heavy atom. The Labute approximate surface area is 159 Å². The number of rotatable bonds is 2. The van der Waals surface area contributed by atoms with Crippen molar-refractivity contribution in [3.05, 3.63) is 96.8 Å². The zero-order valence-corrected chi connectivity index (χ0v) is 13.0. The van der Waals surface area contributed by atoms with Gasteiger partial charge in [-0.1, -0.05) is 84.7 Å². The molecule has 1 nitrogen and oxygen atoms in total. The van der Waals surface area contributed by atoms with E-state index < -0.39 is 42.3 Å². The molecule has 0 unspecified atom stereocenters. The van der Waals surface area contributed by atoms with Crippen molar-refractivity contribution in [3.8, 4) is 0 Å². The summed E-state index contributed by atoms with van der Waals surface area (Å²) in [4.78, 5) is 0. The Morgan fingerprint density at radius 3 is 2.20 bits per heavy atom. The number of fused-ring (bicyclic) bond motifs is 4. The van der Waals surface area contributed by atoms with Crippen molar-refractivity contribution in [1.82, 2.24) is 0 Å². The molecule has 25 heavy (non-hydrogen) atoms. The molecule has 118 valence electrons. The third kappa shape index (κ3) is 2.33. The molecule has 0 saturated carbocycles. The van der Waals surface area contributed by atoms with Crippen molar-refractivity contribution < 1.29 is 12.3 Å². The highest BCUT2D eigenvalue weighted by Gasteiger charge is 2.07. The summed E-state index contributed by atoms with van der Waals surface area (Å²) in [6, 6.07) is 9.06. The van der Waals surface area contributed by atoms with Gasteiger partial charge in [0.05, 0.1) is 12.3 Å². The number of hydrogen-bond donors (Lipinski definition) is 1. The predicted molar refractivity (Wildman–Crippen MR) is 109 cm³/mol. The summed E-state index contributed by atoms with van der Waals surface area (Å²) in [7, 11) is 0. The maximum Gasteiger partial charge on any atom is 0.0652 e. The van der Waals surface area contributed by atoms with Crippen LogP contribution in [0.1, 0.15) is 12.3 Å². The molecule has 0 bridgehead atoms. The fourth-order valence-electron chi connectivity index (χ4n) is 3.03. The summed E-state index contributed by atoms with van der Waals surface area (Å²) >= 11 is 0. The lowest BCUT2D eigenvalue weighted by atomic mass is 10.00. The maximum atomic E-state index is 8.91. The fraction of sp³-hybridized carbons (Fsp3) is 0. The molecule has 0 amide bonds. The SMILES string of the molecule is [2H]c1c([2H])c([2H])c2c(c1[2H])c([2H])c(Nc1cccc3ccccc13)c1c([2H])c([2H])c([2H])c([2H])c12. The van der Waals surface area contributed by atoms with E-state index in [-0.39, 0.29) is 39.3 Å². The van der Waals surface area contributed by atoms with Gasteiger partial charge in [-0.15, -0.1) is 0 Å². The van der Waals surface area contributed by atoms with Crippen LogP contribution in [-0.2, 0) is 0 Å². The maximum absolute atomic E-state index is 8.91. The third-order valence-electron chi connectivity index (χ3n) is 4.17. The molecule has 0 fully saturated rings. The Kier molecular flexibility index (Phi) is 1.74. The van der Waals surface area contributed by atoms with Gasteiger partial charge in [0.1, 0.15) is 0 Å². The van der Waals surface area contributed by atoms with Crippen molar-refractivity contribution >= 4 is 43.7 Å². The van der Waals surface area contributed by atoms with E-state index in [1.54, 1.807) is 6.07 Å². The van der Waals surface area contributed by atoms with Crippen LogP contribution in [0.25, 0.3) is 32.3 Å². The first-order valence-electron chi connectivity index (χ1n) is 12.3. The number of hydrogen-bond acceptors (Lipinski definition) is 1. The smallest absolute Gasteiger partial charge is 0.0652 e. The van der Waals surface area contributed by atoms with Crippen LogP contribution in [-0.4, -0.2) is 0 Å². The van der Waals surface area contributed by atoms with Gasteiger partial charge in [-0.2, -0.15) is 0 Å². The molecule has 0 aliphatic rings. The second-order valence-corrected chi connectivity index (χ2v) is 5.65. The molecule has 0 radical (unpaired) electrons. The first kappa shape index (κ1) is 7.71. The minimum Gasteiger partial charge on any atom is -0.354 e. The first-order valence-corrected chi connectivity index (χ1v) is 7.82. The predicted octanol–water partition coefficient (Wildman–Crippen LogP) is 6.89. The van der Waals surface area contributed by atoms with Crippen molar-refractivity contribution in [2.45, 2.75) is 0 Å². The highest BCUT2D eigenvalue weighted by atomic mass is 14.9. The lowest BCUT2D eigenvalue weighted by Gasteiger charge is -2.14. The topological polar surface area (TPSA) is 12.0 Å². The molecule has 0 atom stereocenters. The number of benzene rings is 5. The summed E-state index contributed by atoms with van der Waals surface area (Å²) in [6.45, 7) is 0. The molecule has 0 aliphatic carbocycles. The average molecular weight is 328 g/mol. The Hall–Kier alpha value is -3.32. The molecule has 5 aromatic carbocycles. The van der Waals surface area contributed by atoms with Gasteiger partial charge < -0.3 is 5.32 Å². The molecule has 0 heterocycles. The molecular formula is C24H17N. The summed E-state index contributed by atoms with van der Waals surface area (Å²) < 4.78 is 75.5. The van der Waals surface area contributed by atoms with Gasteiger partial charge >= 0.3 is 0 Å². The zero-order chi connectivity index (χ0) is 24.5. The van der Waals surface area contributed by atoms with E-state index in [1.165, 1.54) is 0 Å². The molecule has 0 spiro atoms. The van der Waals surface area contributed by atoms with Crippen molar-refractivity contribution in [2.75, 3.05) is 5.32 Å². The fourth-order valence-corrected chi connectivity index (χ4v) is 3.03. The van der Waals surface area contributed by atoms with Crippen LogP contribution in [0.2, 0.25) is 0 Å². The normalized spacial score (nSPS) is 16.2. The Morgan fingerprint density at radius 1 is 0.560 bits per heavy atom. The van der Waals surface area contributed by atoms with E-state index in [4.69, 9.17) is 12.3 Å². The zero-order valence-electron chi connectivity index (χ0n) is 22.0. The summed E-state index contributed by atoms with van der Waals surface area (Å²) in [6.07, 6.45) is 0. The van der Waals surface area contributed by atoms with Crippen LogP contribution in [0.15, 0.2) is 96.8 Å². The van der Waals surface area contributed by atoms with Crippen LogP contribution in [0.3, 0.4) is 0 Å². The van der Waals surface area contributed by atoms with E-state index in [0.717, 1.165) is 10.8 Å². The lowest BCUT2D eigenvalue weighted by Crippen LogP contribution is -1.93. The molecule has 1 N–H and O–H groups in total. The van der Waals surface area contributed by atoms with E-state index >= 15 is 0 Å². The van der Waals surface area contributed by atoms with Crippen LogP contribution < -0.4 is 5.32 Å². The van der Waals surface area contributed by atoms with Crippen molar-refractivity contribution in [1.29, 1.82) is 0 Å². The average Bonchev–Trinajstić information content (AvgIpc) is 2.84. The largest absolute Gasteiger partial charge is 0.354 e. The quantitative estimate of drug-likeness (QED) is 0.348. The van der Waals surface area contributed by atoms with Gasteiger partial charge in [0, 0.05) is 22.1 Å². The molecule has 1 heteroatoms. The van der Waals surface area contributed by atoms with E-state index in [2.05, 4.69) is 5.32 Å². The first-order chi connectivity index (χ1) is 16.1. The third-order valence-corrected chi connectivity index (χ3v) is 4.17. The van der Waals surface area contributed by atoms with E-state index in [0.29, 0.717) is 5.69 Å². The van der Waals surface area contributed by atoms with Crippen LogP contribution in [0, 0.1) is 0 Å². The minimum atomic E-state index is -0.527. The van der Waals surface area contributed by atoms with Gasteiger partial charge in [0.15, 0.2) is 0 Å².